The van der Waals surface area contributed by atoms with Gasteiger partial charge >= 0.3 is 0 Å². The number of benzene rings is 3. The highest BCUT2D eigenvalue weighted by atomic mass is 35.5. The number of fused-ring (bicyclic) bond motifs is 1. The second-order valence-corrected chi connectivity index (χ2v) is 10.0. The van der Waals surface area contributed by atoms with Gasteiger partial charge in [-0.2, -0.15) is 4.98 Å². The Kier molecular flexibility index (Phi) is 7.17. The number of nitrogens with zero attached hydrogens (tertiary/aromatic N) is 4. The summed E-state index contributed by atoms with van der Waals surface area (Å²) in [5, 5.41) is 23.9. The summed E-state index contributed by atoms with van der Waals surface area (Å²) >= 11 is 7.69. The van der Waals surface area contributed by atoms with Crippen molar-refractivity contribution in [1.29, 1.82) is 0 Å². The summed E-state index contributed by atoms with van der Waals surface area (Å²) in [6, 6.07) is 20.4. The molecular formula is C27H23ClN6O3S. The molecule has 2 N–H and O–H groups in total. The van der Waals surface area contributed by atoms with E-state index < -0.39 is 11.0 Å². The molecule has 0 saturated heterocycles. The average molecular weight is 547 g/mol. The number of aryl methyl sites for hydroxylation is 1. The number of rotatable bonds is 7. The SMILES string of the molecule is CC1=C(C(=O)Nc2ccccc2C)C(c2ccccc2[N+](=O)[O-])n2nc(SCc3ccccc3Cl)nc2N1. The summed E-state index contributed by atoms with van der Waals surface area (Å²) in [5.74, 6) is 0.533. The highest BCUT2D eigenvalue weighted by Crippen LogP contribution is 2.40. The predicted molar refractivity (Wildman–Crippen MR) is 148 cm³/mol. The number of hydrogen-bond acceptors (Lipinski definition) is 7. The molecule has 38 heavy (non-hydrogen) atoms. The normalized spacial score (nSPS) is 14.6. The number of para-hydroxylation sites is 2. The summed E-state index contributed by atoms with van der Waals surface area (Å²) in [5.41, 5.74) is 3.54. The standard InChI is InChI=1S/C27H23ClN6O3S/c1-16-9-3-7-13-21(16)30-25(35)23-17(2)29-26-31-27(38-15-18-10-4-6-12-20(18)28)32-33(26)24(23)19-11-5-8-14-22(19)34(36)37/h3-14,24H,15H2,1-2H3,(H,30,35)(H,29,31,32). The van der Waals surface area contributed by atoms with Crippen molar-refractivity contribution in [3.8, 4) is 0 Å². The van der Waals surface area contributed by atoms with Crippen molar-refractivity contribution in [3.05, 3.63) is 116 Å². The van der Waals surface area contributed by atoms with Gasteiger partial charge in [0.25, 0.3) is 11.6 Å². The molecule has 0 spiro atoms. The summed E-state index contributed by atoms with van der Waals surface area (Å²) in [7, 11) is 0. The maximum Gasteiger partial charge on any atom is 0.275 e. The molecule has 5 rings (SSSR count). The molecule has 0 radical (unpaired) electrons. The molecule has 0 fully saturated rings. The Balaban J connectivity index is 1.56. The fourth-order valence-electron chi connectivity index (χ4n) is 4.32. The van der Waals surface area contributed by atoms with Crippen molar-refractivity contribution in [2.45, 2.75) is 30.8 Å². The highest BCUT2D eigenvalue weighted by Gasteiger charge is 2.37. The minimum atomic E-state index is -0.876. The van der Waals surface area contributed by atoms with Crippen molar-refractivity contribution < 1.29 is 9.72 Å². The first-order valence-corrected chi connectivity index (χ1v) is 13.1. The fourth-order valence-corrected chi connectivity index (χ4v) is 5.43. The van der Waals surface area contributed by atoms with Crippen LogP contribution in [0.3, 0.4) is 0 Å². The Morgan fingerprint density at radius 2 is 1.82 bits per heavy atom. The summed E-state index contributed by atoms with van der Waals surface area (Å²) in [6.45, 7) is 3.65. The number of nitrogens with one attached hydrogen (secondary N) is 2. The number of allylic oxidation sites excluding steroid dienone is 1. The molecule has 1 atom stereocenters. The molecule has 1 aromatic heterocycles. The van der Waals surface area contributed by atoms with E-state index in [1.807, 2.05) is 55.5 Å². The van der Waals surface area contributed by atoms with Gasteiger partial charge in [-0.05, 0) is 43.2 Å². The molecule has 3 aromatic carbocycles. The third kappa shape index (κ3) is 5.00. The molecule has 1 unspecified atom stereocenters. The number of nitro groups is 1. The van der Waals surface area contributed by atoms with Crippen molar-refractivity contribution in [2.24, 2.45) is 0 Å². The zero-order chi connectivity index (χ0) is 26.8. The van der Waals surface area contributed by atoms with E-state index in [2.05, 4.69) is 20.7 Å². The fraction of sp³-hybridized carbons (Fsp3) is 0.148. The first-order valence-electron chi connectivity index (χ1n) is 11.7. The Labute approximate surface area is 228 Å². The molecule has 4 aromatic rings. The highest BCUT2D eigenvalue weighted by molar-refractivity contribution is 7.98. The second kappa shape index (κ2) is 10.7. The number of aromatic nitrogens is 3. The second-order valence-electron chi connectivity index (χ2n) is 8.69. The molecule has 1 aliphatic heterocycles. The van der Waals surface area contributed by atoms with Gasteiger partial charge in [0, 0.05) is 28.2 Å². The number of carbonyl (C=O) groups excluding carboxylic acids is 1. The number of halogens is 1. The van der Waals surface area contributed by atoms with Crippen molar-refractivity contribution >= 4 is 46.6 Å². The quantitative estimate of drug-likeness (QED) is 0.157. The molecule has 0 bridgehead atoms. The van der Waals surface area contributed by atoms with Crippen LogP contribution in [0, 0.1) is 17.0 Å². The Morgan fingerprint density at radius 3 is 2.58 bits per heavy atom. The van der Waals surface area contributed by atoms with E-state index in [1.165, 1.54) is 22.5 Å². The number of carbonyl (C=O) groups is 1. The Bertz CT molecular complexity index is 1580. The largest absolute Gasteiger partial charge is 0.328 e. The van der Waals surface area contributed by atoms with Gasteiger partial charge in [0.05, 0.1) is 16.1 Å². The molecule has 9 nitrogen and oxygen atoms in total. The summed E-state index contributed by atoms with van der Waals surface area (Å²) in [6.07, 6.45) is 0. The molecule has 2 heterocycles. The summed E-state index contributed by atoms with van der Waals surface area (Å²) < 4.78 is 1.54. The lowest BCUT2D eigenvalue weighted by molar-refractivity contribution is -0.385. The van der Waals surface area contributed by atoms with Crippen LogP contribution in [0.5, 0.6) is 0 Å². The number of anilines is 2. The van der Waals surface area contributed by atoms with Crippen LogP contribution in [0.15, 0.2) is 89.2 Å². The van der Waals surface area contributed by atoms with Crippen LogP contribution < -0.4 is 10.6 Å². The van der Waals surface area contributed by atoms with Crippen LogP contribution in [0.25, 0.3) is 0 Å². The number of thioether (sulfide) groups is 1. The molecule has 192 valence electrons. The van der Waals surface area contributed by atoms with Gasteiger partial charge in [-0.25, -0.2) is 4.68 Å². The summed E-state index contributed by atoms with van der Waals surface area (Å²) in [4.78, 5) is 29.8. The van der Waals surface area contributed by atoms with E-state index in [0.717, 1.165) is 11.1 Å². The van der Waals surface area contributed by atoms with Gasteiger partial charge in [-0.15, -0.1) is 5.10 Å². The van der Waals surface area contributed by atoms with Gasteiger partial charge in [0.15, 0.2) is 0 Å². The van der Waals surface area contributed by atoms with E-state index in [0.29, 0.717) is 44.4 Å². The lowest BCUT2D eigenvalue weighted by Crippen LogP contribution is -2.32. The first-order chi connectivity index (χ1) is 18.3. The van der Waals surface area contributed by atoms with Gasteiger partial charge in [-0.1, -0.05) is 71.9 Å². The van der Waals surface area contributed by atoms with E-state index in [9.17, 15) is 14.9 Å². The predicted octanol–water partition coefficient (Wildman–Crippen LogP) is 6.37. The zero-order valence-electron chi connectivity index (χ0n) is 20.5. The van der Waals surface area contributed by atoms with E-state index in [4.69, 9.17) is 11.6 Å². The maximum absolute atomic E-state index is 13.7. The molecular weight excluding hydrogens is 524 g/mol. The maximum atomic E-state index is 13.7. The lowest BCUT2D eigenvalue weighted by atomic mass is 9.93. The van der Waals surface area contributed by atoms with Crippen LogP contribution in [-0.4, -0.2) is 25.6 Å². The van der Waals surface area contributed by atoms with Crippen LogP contribution in [0.1, 0.15) is 29.7 Å². The van der Waals surface area contributed by atoms with Crippen molar-refractivity contribution in [3.63, 3.8) is 0 Å². The lowest BCUT2D eigenvalue weighted by Gasteiger charge is -2.28. The Hall–Kier alpha value is -4.15. The molecule has 11 heteroatoms. The minimum Gasteiger partial charge on any atom is -0.328 e. The van der Waals surface area contributed by atoms with Gasteiger partial charge < -0.3 is 10.6 Å². The van der Waals surface area contributed by atoms with Crippen LogP contribution in [0.2, 0.25) is 5.02 Å². The van der Waals surface area contributed by atoms with Gasteiger partial charge in [-0.3, -0.25) is 14.9 Å². The topological polar surface area (TPSA) is 115 Å². The van der Waals surface area contributed by atoms with Crippen LogP contribution >= 0.6 is 23.4 Å². The third-order valence-electron chi connectivity index (χ3n) is 6.21. The molecule has 0 saturated carbocycles. The van der Waals surface area contributed by atoms with E-state index in [-0.39, 0.29) is 11.6 Å². The van der Waals surface area contributed by atoms with Gasteiger partial charge in [0.2, 0.25) is 11.1 Å². The van der Waals surface area contributed by atoms with Crippen molar-refractivity contribution in [1.82, 2.24) is 14.8 Å². The third-order valence-corrected chi connectivity index (χ3v) is 7.47. The number of hydrogen-bond donors (Lipinski definition) is 2. The van der Waals surface area contributed by atoms with Gasteiger partial charge in [0.1, 0.15) is 6.04 Å². The van der Waals surface area contributed by atoms with E-state index >= 15 is 0 Å². The average Bonchev–Trinajstić information content (AvgIpc) is 3.31. The number of nitro benzene ring substituents is 1. The Morgan fingerprint density at radius 1 is 1.11 bits per heavy atom. The molecule has 0 aliphatic carbocycles. The first kappa shape index (κ1) is 25.5. The van der Waals surface area contributed by atoms with Crippen molar-refractivity contribution in [2.75, 3.05) is 10.6 Å². The monoisotopic (exact) mass is 546 g/mol. The minimum absolute atomic E-state index is 0.111. The van der Waals surface area contributed by atoms with E-state index in [1.54, 1.807) is 25.1 Å². The van der Waals surface area contributed by atoms with Crippen LogP contribution in [0.4, 0.5) is 17.3 Å². The smallest absolute Gasteiger partial charge is 0.275 e. The van der Waals surface area contributed by atoms with Crippen LogP contribution in [-0.2, 0) is 10.5 Å². The molecule has 1 aliphatic rings. The molecule has 1 amide bonds. The zero-order valence-corrected chi connectivity index (χ0v) is 22.1. The number of amides is 1.